The van der Waals surface area contributed by atoms with Crippen LogP contribution >= 0.6 is 0 Å². The van der Waals surface area contributed by atoms with Crippen molar-refractivity contribution < 1.29 is 5.11 Å². The van der Waals surface area contributed by atoms with E-state index in [1.165, 1.54) is 0 Å². The highest BCUT2D eigenvalue weighted by atomic mass is 16.3. The third-order valence-corrected chi connectivity index (χ3v) is 1.90. The summed E-state index contributed by atoms with van der Waals surface area (Å²) in [5.74, 6) is 0.0555. The lowest BCUT2D eigenvalue weighted by atomic mass is 10.0. The van der Waals surface area contributed by atoms with Gasteiger partial charge in [0.15, 0.2) is 0 Å². The van der Waals surface area contributed by atoms with E-state index in [0.29, 0.717) is 12.2 Å². The van der Waals surface area contributed by atoms with Crippen molar-refractivity contribution in [2.45, 2.75) is 13.0 Å². The molecule has 1 aromatic heterocycles. The second-order valence-electron chi connectivity index (χ2n) is 2.91. The number of hydrogen-bond acceptors (Lipinski definition) is 3. The Balaban J connectivity index is 2.71. The fraction of sp³-hybridized carbons (Fsp3) is 0.444. The van der Waals surface area contributed by atoms with Crippen molar-refractivity contribution in [2.75, 3.05) is 6.54 Å². The molecule has 0 spiro atoms. The Morgan fingerprint density at radius 3 is 2.83 bits per heavy atom. The fourth-order valence-corrected chi connectivity index (χ4v) is 0.971. The maximum atomic E-state index is 9.65. The van der Waals surface area contributed by atoms with Crippen LogP contribution in [0.3, 0.4) is 0 Å². The number of aromatic nitrogens is 1. The Bertz CT molecular complexity index is 225. The number of nitrogens with two attached hydrogens (primary N) is 1. The van der Waals surface area contributed by atoms with E-state index in [9.17, 15) is 5.11 Å². The van der Waals surface area contributed by atoms with Crippen LogP contribution in [-0.4, -0.2) is 16.6 Å². The molecule has 0 aromatic carbocycles. The Labute approximate surface area is 72.2 Å². The van der Waals surface area contributed by atoms with E-state index in [4.69, 9.17) is 5.73 Å². The predicted octanol–water partition coefficient (Wildman–Crippen LogP) is 0.710. The molecule has 1 rings (SSSR count). The van der Waals surface area contributed by atoms with Gasteiger partial charge < -0.3 is 10.8 Å². The SMILES string of the molecule is CC(CN)C(O)c1ccccn1. The molecule has 0 saturated heterocycles. The molecule has 0 fully saturated rings. The second kappa shape index (κ2) is 4.18. The van der Waals surface area contributed by atoms with Gasteiger partial charge in [-0.2, -0.15) is 0 Å². The van der Waals surface area contributed by atoms with Gasteiger partial charge in [0.2, 0.25) is 0 Å². The van der Waals surface area contributed by atoms with Crippen LogP contribution < -0.4 is 5.73 Å². The molecule has 3 nitrogen and oxygen atoms in total. The first-order valence-corrected chi connectivity index (χ1v) is 4.04. The van der Waals surface area contributed by atoms with E-state index in [2.05, 4.69) is 4.98 Å². The zero-order valence-electron chi connectivity index (χ0n) is 7.14. The molecule has 0 amide bonds. The maximum Gasteiger partial charge on any atom is 0.0997 e. The summed E-state index contributed by atoms with van der Waals surface area (Å²) >= 11 is 0. The first-order chi connectivity index (χ1) is 5.75. The molecule has 2 unspecified atom stereocenters. The number of nitrogens with zero attached hydrogens (tertiary/aromatic N) is 1. The molecule has 2 atom stereocenters. The summed E-state index contributed by atoms with van der Waals surface area (Å²) in [6.45, 7) is 2.37. The van der Waals surface area contributed by atoms with E-state index < -0.39 is 6.10 Å². The van der Waals surface area contributed by atoms with Crippen LogP contribution in [0, 0.1) is 5.92 Å². The van der Waals surface area contributed by atoms with Crippen LogP contribution in [0.5, 0.6) is 0 Å². The van der Waals surface area contributed by atoms with Crippen molar-refractivity contribution in [3.8, 4) is 0 Å². The topological polar surface area (TPSA) is 59.1 Å². The second-order valence-corrected chi connectivity index (χ2v) is 2.91. The summed E-state index contributed by atoms with van der Waals surface area (Å²) in [6.07, 6.45) is 1.12. The quantitative estimate of drug-likeness (QED) is 0.695. The summed E-state index contributed by atoms with van der Waals surface area (Å²) < 4.78 is 0. The molecular formula is C9H14N2O. The average molecular weight is 166 g/mol. The van der Waals surface area contributed by atoms with Crippen LogP contribution in [-0.2, 0) is 0 Å². The van der Waals surface area contributed by atoms with Crippen LogP contribution in [0.1, 0.15) is 18.7 Å². The van der Waals surface area contributed by atoms with Gasteiger partial charge in [0.05, 0.1) is 11.8 Å². The van der Waals surface area contributed by atoms with Crippen molar-refractivity contribution in [2.24, 2.45) is 11.7 Å². The zero-order chi connectivity index (χ0) is 8.97. The summed E-state index contributed by atoms with van der Waals surface area (Å²) in [7, 11) is 0. The van der Waals surface area contributed by atoms with Crippen molar-refractivity contribution in [1.82, 2.24) is 4.98 Å². The van der Waals surface area contributed by atoms with Gasteiger partial charge in [0.1, 0.15) is 0 Å². The van der Waals surface area contributed by atoms with Gasteiger partial charge in [-0.3, -0.25) is 4.98 Å². The lowest BCUT2D eigenvalue weighted by Gasteiger charge is -2.15. The van der Waals surface area contributed by atoms with Crippen LogP contribution in [0.2, 0.25) is 0 Å². The lowest BCUT2D eigenvalue weighted by Crippen LogP contribution is -2.19. The minimum Gasteiger partial charge on any atom is -0.386 e. The maximum absolute atomic E-state index is 9.65. The molecule has 0 aliphatic heterocycles. The van der Waals surface area contributed by atoms with Crippen LogP contribution in [0.4, 0.5) is 0 Å². The van der Waals surface area contributed by atoms with Gasteiger partial charge in [-0.1, -0.05) is 13.0 Å². The standard InChI is InChI=1S/C9H14N2O/c1-7(6-10)9(12)8-4-2-3-5-11-8/h2-5,7,9,12H,6,10H2,1H3. The largest absolute Gasteiger partial charge is 0.386 e. The third-order valence-electron chi connectivity index (χ3n) is 1.90. The number of aliphatic hydroxyl groups excluding tert-OH is 1. The van der Waals surface area contributed by atoms with Crippen molar-refractivity contribution >= 4 is 0 Å². The first kappa shape index (κ1) is 9.16. The Morgan fingerprint density at radius 1 is 1.58 bits per heavy atom. The van der Waals surface area contributed by atoms with E-state index in [1.54, 1.807) is 12.3 Å². The van der Waals surface area contributed by atoms with E-state index in [0.717, 1.165) is 0 Å². The molecule has 0 aliphatic carbocycles. The van der Waals surface area contributed by atoms with E-state index >= 15 is 0 Å². The molecule has 12 heavy (non-hydrogen) atoms. The van der Waals surface area contributed by atoms with E-state index in [-0.39, 0.29) is 5.92 Å². The highest BCUT2D eigenvalue weighted by Gasteiger charge is 2.14. The molecule has 3 N–H and O–H groups in total. The van der Waals surface area contributed by atoms with Gasteiger partial charge in [-0.05, 0) is 24.6 Å². The molecular weight excluding hydrogens is 152 g/mol. The Hall–Kier alpha value is -0.930. The number of aliphatic hydroxyl groups is 1. The Morgan fingerprint density at radius 2 is 2.33 bits per heavy atom. The third kappa shape index (κ3) is 2.03. The monoisotopic (exact) mass is 166 g/mol. The average Bonchev–Trinajstić information content (AvgIpc) is 2.17. The van der Waals surface area contributed by atoms with Gasteiger partial charge in [0, 0.05) is 6.20 Å². The molecule has 0 aliphatic rings. The predicted molar refractivity (Wildman–Crippen MR) is 47.4 cm³/mol. The smallest absolute Gasteiger partial charge is 0.0997 e. The number of hydrogen-bond donors (Lipinski definition) is 2. The molecule has 0 bridgehead atoms. The number of pyridine rings is 1. The Kier molecular flexibility index (Phi) is 3.19. The van der Waals surface area contributed by atoms with E-state index in [1.807, 2.05) is 19.1 Å². The summed E-state index contributed by atoms with van der Waals surface area (Å²) in [5.41, 5.74) is 6.11. The van der Waals surface area contributed by atoms with Crippen LogP contribution in [0.25, 0.3) is 0 Å². The molecule has 3 heteroatoms. The first-order valence-electron chi connectivity index (χ1n) is 4.04. The highest BCUT2D eigenvalue weighted by Crippen LogP contribution is 2.17. The fourth-order valence-electron chi connectivity index (χ4n) is 0.971. The zero-order valence-corrected chi connectivity index (χ0v) is 7.14. The summed E-state index contributed by atoms with van der Waals surface area (Å²) in [5, 5.41) is 9.65. The minimum absolute atomic E-state index is 0.0555. The molecule has 1 heterocycles. The molecule has 66 valence electrons. The van der Waals surface area contributed by atoms with Gasteiger partial charge in [0.25, 0.3) is 0 Å². The summed E-state index contributed by atoms with van der Waals surface area (Å²) in [6, 6.07) is 5.48. The van der Waals surface area contributed by atoms with Crippen molar-refractivity contribution in [3.63, 3.8) is 0 Å². The highest BCUT2D eigenvalue weighted by molar-refractivity contribution is 5.07. The van der Waals surface area contributed by atoms with Crippen molar-refractivity contribution in [1.29, 1.82) is 0 Å². The minimum atomic E-state index is -0.545. The van der Waals surface area contributed by atoms with Crippen molar-refractivity contribution in [3.05, 3.63) is 30.1 Å². The molecule has 0 saturated carbocycles. The number of rotatable bonds is 3. The molecule has 0 radical (unpaired) electrons. The molecule has 1 aromatic rings. The summed E-state index contributed by atoms with van der Waals surface area (Å²) in [4.78, 5) is 4.04. The van der Waals surface area contributed by atoms with Gasteiger partial charge >= 0.3 is 0 Å². The lowest BCUT2D eigenvalue weighted by molar-refractivity contribution is 0.117. The van der Waals surface area contributed by atoms with Gasteiger partial charge in [-0.15, -0.1) is 0 Å². The van der Waals surface area contributed by atoms with Gasteiger partial charge in [-0.25, -0.2) is 0 Å². The van der Waals surface area contributed by atoms with Crippen LogP contribution in [0.15, 0.2) is 24.4 Å². The normalized spacial score (nSPS) is 15.6.